The second-order valence-corrected chi connectivity index (χ2v) is 4.18. The summed E-state index contributed by atoms with van der Waals surface area (Å²) in [5, 5.41) is 0. The van der Waals surface area contributed by atoms with Gasteiger partial charge in [0.1, 0.15) is 0 Å². The molecule has 0 aromatic rings. The quantitative estimate of drug-likeness (QED) is 0.489. The van der Waals surface area contributed by atoms with Crippen LogP contribution in [0.25, 0.3) is 0 Å². The van der Waals surface area contributed by atoms with E-state index in [2.05, 4.69) is 11.7 Å². The fourth-order valence-electron chi connectivity index (χ4n) is 1.38. The Bertz CT molecular complexity index is 290. The summed E-state index contributed by atoms with van der Waals surface area (Å²) in [6, 6.07) is 0. The number of allylic oxidation sites excluding steroid dienone is 3. The Balaban J connectivity index is 5.48. The average Bonchev–Trinajstić information content (AvgIpc) is 2.00. The first kappa shape index (κ1) is 13.9. The molecule has 0 aromatic heterocycles. The molecule has 0 radical (unpaired) electrons. The zero-order valence-electron chi connectivity index (χ0n) is 9.44. The van der Waals surface area contributed by atoms with Crippen LogP contribution >= 0.6 is 0 Å². The molecule has 0 unspecified atom stereocenters. The third kappa shape index (κ3) is 3.90. The van der Waals surface area contributed by atoms with E-state index in [1.54, 1.807) is 27.7 Å². The summed E-state index contributed by atoms with van der Waals surface area (Å²) in [5.74, 6) is 0. The average molecular weight is 219 g/mol. The van der Waals surface area contributed by atoms with Crippen LogP contribution in [-0.4, -0.2) is 12.9 Å². The molecule has 0 amide bonds. The maximum Gasteiger partial charge on any atom is 0.418 e. The second-order valence-electron chi connectivity index (χ2n) is 4.18. The predicted octanol–water partition coefficient (Wildman–Crippen LogP) is 4.13. The molecule has 15 heavy (non-hydrogen) atoms. The van der Waals surface area contributed by atoms with E-state index in [4.69, 9.17) is 0 Å². The second kappa shape index (κ2) is 4.64. The van der Waals surface area contributed by atoms with Gasteiger partial charge in [0.05, 0.1) is 5.57 Å². The third-order valence-corrected chi connectivity index (χ3v) is 1.91. The lowest BCUT2D eigenvalue weighted by Crippen LogP contribution is -2.21. The Kier molecular flexibility index (Phi) is 4.31. The van der Waals surface area contributed by atoms with Crippen LogP contribution in [0.5, 0.6) is 0 Å². The summed E-state index contributed by atoms with van der Waals surface area (Å²) >= 11 is 0. The number of nitrogens with zero attached hydrogens (tertiary/aromatic N) is 1. The van der Waals surface area contributed by atoms with Gasteiger partial charge in [-0.15, -0.1) is 0 Å². The Labute approximate surface area is 88.4 Å². The van der Waals surface area contributed by atoms with E-state index in [1.807, 2.05) is 0 Å². The van der Waals surface area contributed by atoms with Crippen LogP contribution in [0.3, 0.4) is 0 Å². The number of rotatable bonds is 2. The Morgan fingerprint density at radius 2 is 1.60 bits per heavy atom. The van der Waals surface area contributed by atoms with E-state index in [0.29, 0.717) is 0 Å². The van der Waals surface area contributed by atoms with Crippen molar-refractivity contribution in [1.82, 2.24) is 0 Å². The molecular formula is C11H16F3N. The molecule has 0 heterocycles. The normalized spacial score (nSPS) is 15.4. The van der Waals surface area contributed by atoms with Crippen LogP contribution in [0.4, 0.5) is 13.2 Å². The van der Waals surface area contributed by atoms with Gasteiger partial charge in [0.2, 0.25) is 0 Å². The van der Waals surface area contributed by atoms with Crippen molar-refractivity contribution >= 4 is 6.72 Å². The molecule has 0 saturated carbocycles. The summed E-state index contributed by atoms with van der Waals surface area (Å²) < 4.78 is 38.0. The van der Waals surface area contributed by atoms with E-state index in [1.165, 1.54) is 6.08 Å². The summed E-state index contributed by atoms with van der Waals surface area (Å²) in [5.41, 5.74) is -1.07. The van der Waals surface area contributed by atoms with Gasteiger partial charge in [-0.25, -0.2) is 0 Å². The van der Waals surface area contributed by atoms with Gasteiger partial charge in [-0.2, -0.15) is 13.2 Å². The molecule has 0 aliphatic carbocycles. The molecule has 0 bridgehead atoms. The summed E-state index contributed by atoms with van der Waals surface area (Å²) in [7, 11) is 0. The number of aliphatic imine (C=N–C) groups is 1. The van der Waals surface area contributed by atoms with E-state index in [0.717, 1.165) is 6.20 Å². The molecule has 0 aliphatic rings. The Hall–Kier alpha value is -1.06. The van der Waals surface area contributed by atoms with Crippen molar-refractivity contribution < 1.29 is 13.2 Å². The zero-order chi connectivity index (χ0) is 12.3. The molecular weight excluding hydrogens is 203 g/mol. The molecule has 0 fully saturated rings. The standard InChI is InChI=1S/C11H16F3N/c1-6-8(10(2,3)4)9(7-15-5)11(12,13)14/h6-7H,5H2,1-4H3/b8-6+,9-7+. The summed E-state index contributed by atoms with van der Waals surface area (Å²) in [4.78, 5) is 3.21. The largest absolute Gasteiger partial charge is 0.418 e. The lowest BCUT2D eigenvalue weighted by molar-refractivity contribution is -0.0908. The van der Waals surface area contributed by atoms with Crippen molar-refractivity contribution in [3.05, 3.63) is 23.4 Å². The molecule has 0 N–H and O–H groups in total. The van der Waals surface area contributed by atoms with Gasteiger partial charge < -0.3 is 0 Å². The Morgan fingerprint density at radius 3 is 1.80 bits per heavy atom. The van der Waals surface area contributed by atoms with Gasteiger partial charge in [-0.3, -0.25) is 4.99 Å². The van der Waals surface area contributed by atoms with Gasteiger partial charge in [0.15, 0.2) is 0 Å². The number of alkyl halides is 3. The predicted molar refractivity (Wildman–Crippen MR) is 56.9 cm³/mol. The van der Waals surface area contributed by atoms with Crippen molar-refractivity contribution in [2.24, 2.45) is 10.4 Å². The zero-order valence-corrected chi connectivity index (χ0v) is 9.44. The minimum absolute atomic E-state index is 0.224. The molecule has 0 spiro atoms. The first-order valence-electron chi connectivity index (χ1n) is 4.55. The van der Waals surface area contributed by atoms with Crippen LogP contribution in [-0.2, 0) is 0 Å². The first-order valence-corrected chi connectivity index (χ1v) is 4.55. The van der Waals surface area contributed by atoms with E-state index < -0.39 is 17.2 Å². The molecule has 0 aromatic carbocycles. The lowest BCUT2D eigenvalue weighted by Gasteiger charge is -2.26. The van der Waals surface area contributed by atoms with Gasteiger partial charge in [-0.05, 0) is 24.6 Å². The van der Waals surface area contributed by atoms with Crippen LogP contribution in [0.1, 0.15) is 27.7 Å². The topological polar surface area (TPSA) is 12.4 Å². The summed E-state index contributed by atoms with van der Waals surface area (Å²) in [6.07, 6.45) is -2.17. The molecule has 0 aliphatic heterocycles. The third-order valence-electron chi connectivity index (χ3n) is 1.91. The highest BCUT2D eigenvalue weighted by atomic mass is 19.4. The maximum atomic E-state index is 12.7. The molecule has 0 rings (SSSR count). The van der Waals surface area contributed by atoms with E-state index in [9.17, 15) is 13.2 Å². The van der Waals surface area contributed by atoms with Crippen molar-refractivity contribution in [1.29, 1.82) is 0 Å². The monoisotopic (exact) mass is 219 g/mol. The minimum Gasteiger partial charge on any atom is -0.272 e. The Morgan fingerprint density at radius 1 is 1.13 bits per heavy atom. The van der Waals surface area contributed by atoms with Gasteiger partial charge in [-0.1, -0.05) is 26.8 Å². The highest BCUT2D eigenvalue weighted by molar-refractivity contribution is 5.40. The first-order chi connectivity index (χ1) is 6.64. The molecule has 86 valence electrons. The molecule has 1 nitrogen and oxygen atoms in total. The number of hydrogen-bond acceptors (Lipinski definition) is 1. The fraction of sp³-hybridized carbons (Fsp3) is 0.545. The van der Waals surface area contributed by atoms with E-state index >= 15 is 0 Å². The smallest absolute Gasteiger partial charge is 0.272 e. The highest BCUT2D eigenvalue weighted by Gasteiger charge is 2.39. The van der Waals surface area contributed by atoms with Crippen LogP contribution in [0.15, 0.2) is 28.4 Å². The van der Waals surface area contributed by atoms with Crippen molar-refractivity contribution in [3.8, 4) is 0 Å². The van der Waals surface area contributed by atoms with Crippen LogP contribution in [0.2, 0.25) is 0 Å². The number of hydrogen-bond donors (Lipinski definition) is 0. The van der Waals surface area contributed by atoms with Gasteiger partial charge in [0.25, 0.3) is 0 Å². The fourth-order valence-corrected chi connectivity index (χ4v) is 1.38. The minimum atomic E-state index is -4.39. The molecule has 0 saturated heterocycles. The van der Waals surface area contributed by atoms with Crippen molar-refractivity contribution in [2.45, 2.75) is 33.9 Å². The van der Waals surface area contributed by atoms with Gasteiger partial charge >= 0.3 is 6.18 Å². The molecule has 0 atom stereocenters. The van der Waals surface area contributed by atoms with Crippen molar-refractivity contribution in [2.75, 3.05) is 0 Å². The SMILES string of the molecule is C=N/C=C(\C(=C/C)C(C)(C)C)C(F)(F)F. The lowest BCUT2D eigenvalue weighted by atomic mass is 9.81. The highest BCUT2D eigenvalue weighted by Crippen LogP contribution is 2.39. The van der Waals surface area contributed by atoms with Crippen LogP contribution < -0.4 is 0 Å². The molecule has 4 heteroatoms. The number of halogens is 3. The van der Waals surface area contributed by atoms with Crippen LogP contribution in [0, 0.1) is 5.41 Å². The van der Waals surface area contributed by atoms with E-state index in [-0.39, 0.29) is 5.57 Å². The van der Waals surface area contributed by atoms with Gasteiger partial charge in [0, 0.05) is 6.20 Å². The van der Waals surface area contributed by atoms with Crippen molar-refractivity contribution in [3.63, 3.8) is 0 Å². The summed E-state index contributed by atoms with van der Waals surface area (Å²) in [6.45, 7) is 9.83. The maximum absolute atomic E-state index is 12.7.